The lowest BCUT2D eigenvalue weighted by Crippen LogP contribution is -2.00. The average Bonchev–Trinajstić information content (AvgIpc) is 3.81. The van der Waals surface area contributed by atoms with E-state index in [0.717, 1.165) is 33.4 Å². The van der Waals surface area contributed by atoms with Crippen molar-refractivity contribution in [2.24, 2.45) is 0 Å². The van der Waals surface area contributed by atoms with E-state index in [9.17, 15) is 0 Å². The summed E-state index contributed by atoms with van der Waals surface area (Å²) in [5.41, 5.74) is 12.2. The van der Waals surface area contributed by atoms with Gasteiger partial charge in [-0.25, -0.2) is 25.0 Å². The van der Waals surface area contributed by atoms with Gasteiger partial charge in [0.05, 0.1) is 22.1 Å². The first-order valence-electron chi connectivity index (χ1n) is 20.2. The van der Waals surface area contributed by atoms with Crippen molar-refractivity contribution in [1.29, 1.82) is 0 Å². The molecule has 60 heavy (non-hydrogen) atoms. The molecule has 0 N–H and O–H groups in total. The van der Waals surface area contributed by atoms with Crippen molar-refractivity contribution in [3.8, 4) is 56.7 Å². The number of nitrogens with zero attached hydrogens (tertiary/aromatic N) is 5. The van der Waals surface area contributed by atoms with Crippen LogP contribution in [0.5, 0.6) is 0 Å². The molecule has 0 radical (unpaired) electrons. The zero-order chi connectivity index (χ0) is 40.4. The van der Waals surface area contributed by atoms with Crippen LogP contribution in [0.3, 0.4) is 0 Å². The largest absolute Gasteiger partial charge is 0.309 e. The third-order valence-corrected chi connectivity index (χ3v) is 13.3. The topological polar surface area (TPSA) is 48.5 Å². The predicted molar refractivity (Wildman–Crippen MR) is 254 cm³/mol. The monoisotopic (exact) mass is 791 g/mol. The van der Waals surface area contributed by atoms with E-state index in [-0.39, 0.29) is 0 Å². The molecule has 11 rings (SSSR count). The zero-order valence-electron chi connectivity index (χ0n) is 33.6. The Hall–Kier alpha value is -7.28. The molecule has 0 aliphatic heterocycles. The van der Waals surface area contributed by atoms with E-state index >= 15 is 0 Å². The Balaban J connectivity index is 1.00. The first-order chi connectivity index (χ1) is 29.4. The number of hydrogen-bond acceptors (Lipinski definition) is 3. The zero-order valence-corrected chi connectivity index (χ0v) is 34.4. The Bertz CT molecular complexity index is 3320. The van der Waals surface area contributed by atoms with Gasteiger partial charge in [-0.15, -0.1) is 0 Å². The van der Waals surface area contributed by atoms with Crippen molar-refractivity contribution >= 4 is 53.6 Å². The molecule has 6 heteroatoms. The highest BCUT2D eigenvalue weighted by atomic mass is 32.3. The molecule has 5 nitrogen and oxygen atoms in total. The smallest absolute Gasteiger partial charge is 0.164 e. The lowest BCUT2D eigenvalue weighted by atomic mass is 10.0. The Morgan fingerprint density at radius 1 is 0.317 bits per heavy atom. The van der Waals surface area contributed by atoms with Crippen LogP contribution in [0, 0.1) is 0 Å². The first kappa shape index (κ1) is 35.8. The molecule has 0 atom stereocenters. The summed E-state index contributed by atoms with van der Waals surface area (Å²) in [5.74, 6) is 1.94. The second kappa shape index (κ2) is 14.2. The van der Waals surface area contributed by atoms with Crippen molar-refractivity contribution in [3.63, 3.8) is 0 Å². The summed E-state index contributed by atoms with van der Waals surface area (Å²) in [7, 11) is -0.818. The van der Waals surface area contributed by atoms with Crippen molar-refractivity contribution in [3.05, 3.63) is 194 Å². The highest BCUT2D eigenvalue weighted by Gasteiger charge is 2.18. The van der Waals surface area contributed by atoms with E-state index in [2.05, 4.69) is 161 Å². The maximum atomic E-state index is 4.97. The number of aromatic nitrogens is 5. The van der Waals surface area contributed by atoms with Gasteiger partial charge in [0.25, 0.3) is 0 Å². The van der Waals surface area contributed by atoms with Crippen LogP contribution in [0.25, 0.3) is 100 Å². The van der Waals surface area contributed by atoms with Crippen LogP contribution in [0.4, 0.5) is 0 Å². The van der Waals surface area contributed by atoms with Crippen molar-refractivity contribution in [2.75, 3.05) is 18.8 Å². The minimum Gasteiger partial charge on any atom is -0.309 e. The number of benzene rings is 8. The van der Waals surface area contributed by atoms with Crippen LogP contribution in [0.2, 0.25) is 0 Å². The highest BCUT2D eigenvalue weighted by Crippen LogP contribution is 2.45. The first-order valence-corrected chi connectivity index (χ1v) is 23.1. The molecule has 8 aromatic carbocycles. The van der Waals surface area contributed by atoms with E-state index in [1.807, 2.05) is 60.7 Å². The van der Waals surface area contributed by atoms with E-state index in [1.165, 1.54) is 54.3 Å². The fourth-order valence-corrected chi connectivity index (χ4v) is 9.51. The Morgan fingerprint density at radius 3 is 1.28 bits per heavy atom. The molecule has 0 aliphatic carbocycles. The fourth-order valence-electron chi connectivity index (χ4n) is 8.56. The van der Waals surface area contributed by atoms with Crippen LogP contribution in [-0.2, 0) is 0 Å². The van der Waals surface area contributed by atoms with Crippen molar-refractivity contribution in [1.82, 2.24) is 24.1 Å². The third-order valence-electron chi connectivity index (χ3n) is 11.6. The van der Waals surface area contributed by atoms with Gasteiger partial charge in [0.2, 0.25) is 0 Å². The van der Waals surface area contributed by atoms with Gasteiger partial charge in [-0.2, -0.15) is 0 Å². The molecule has 11 aromatic rings. The Labute approximate surface area is 350 Å². The Kier molecular flexibility index (Phi) is 8.50. The van der Waals surface area contributed by atoms with E-state index in [4.69, 9.17) is 15.0 Å². The summed E-state index contributed by atoms with van der Waals surface area (Å²) in [4.78, 5) is 16.2. The highest BCUT2D eigenvalue weighted by molar-refractivity contribution is 8.32. The van der Waals surface area contributed by atoms with Crippen LogP contribution in [-0.4, -0.2) is 42.9 Å². The minimum absolute atomic E-state index is 0.639. The van der Waals surface area contributed by atoms with Crippen LogP contribution >= 0.6 is 10.0 Å². The third kappa shape index (κ3) is 6.16. The van der Waals surface area contributed by atoms with Crippen LogP contribution in [0.15, 0.2) is 199 Å². The summed E-state index contributed by atoms with van der Waals surface area (Å²) in [6.07, 6.45) is 7.04. The fraction of sp³-hybridized carbons (Fsp3) is 0.0556. The number of hydrogen-bond donors (Lipinski definition) is 0. The molecular weight excluding hydrogens is 751 g/mol. The molecule has 0 saturated heterocycles. The van der Waals surface area contributed by atoms with Crippen LogP contribution < -0.4 is 0 Å². The molecule has 0 bridgehead atoms. The Morgan fingerprint density at radius 2 is 0.717 bits per heavy atom. The molecule has 0 unspecified atom stereocenters. The van der Waals surface area contributed by atoms with E-state index < -0.39 is 10.0 Å². The lowest BCUT2D eigenvalue weighted by Gasteiger charge is -2.26. The SMILES string of the molecule is CS(C)(C)c1ccc(-n2c3ccccc3c3ccc(-c4ccc5c(c4)c4ccccc4n5-c4ccc(-c5nc(-c6ccccc6)nc(-c6ccccc6)n5)cc4)cc32)cc1. The molecular formula is C54H41N5S. The second-order valence-electron chi connectivity index (χ2n) is 16.1. The van der Waals surface area contributed by atoms with Crippen molar-refractivity contribution < 1.29 is 0 Å². The molecule has 0 fully saturated rings. The molecule has 0 spiro atoms. The summed E-state index contributed by atoms with van der Waals surface area (Å²) in [6.45, 7) is 0. The quantitative estimate of drug-likeness (QED) is 0.162. The minimum atomic E-state index is -0.818. The molecule has 0 saturated carbocycles. The van der Waals surface area contributed by atoms with E-state index in [1.54, 1.807) is 0 Å². The summed E-state index contributed by atoms with van der Waals surface area (Å²) < 4.78 is 4.78. The van der Waals surface area contributed by atoms with Gasteiger partial charge >= 0.3 is 0 Å². The lowest BCUT2D eigenvalue weighted by molar-refractivity contribution is 1.07. The van der Waals surface area contributed by atoms with Crippen molar-refractivity contribution in [2.45, 2.75) is 4.90 Å². The van der Waals surface area contributed by atoms with Gasteiger partial charge in [-0.1, -0.05) is 115 Å². The van der Waals surface area contributed by atoms with Gasteiger partial charge < -0.3 is 9.13 Å². The molecule has 3 aromatic heterocycles. The van der Waals surface area contributed by atoms with Gasteiger partial charge in [0, 0.05) is 49.6 Å². The second-order valence-corrected chi connectivity index (χ2v) is 20.2. The van der Waals surface area contributed by atoms with Gasteiger partial charge in [-0.3, -0.25) is 0 Å². The van der Waals surface area contributed by atoms with Gasteiger partial charge in [0.15, 0.2) is 17.5 Å². The number of para-hydroxylation sites is 2. The standard InChI is InChI=1S/C54H41N5S/c1-60(2,3)43-30-28-42(29-31-43)59-48-20-12-10-18-44(48)46-32-24-40(35-51(46)59)39-25-33-50-47(34-39)45-19-11-13-21-49(45)58(50)41-26-22-38(23-27-41)54-56-52(36-14-6-4-7-15-36)55-53(57-54)37-16-8-5-9-17-37/h4-35H,1-3H3. The molecule has 0 amide bonds. The van der Waals surface area contributed by atoms with Gasteiger partial charge in [-0.05, 0) is 114 Å². The number of rotatable bonds is 7. The molecule has 288 valence electrons. The number of fused-ring (bicyclic) bond motifs is 6. The summed E-state index contributed by atoms with van der Waals surface area (Å²) in [5, 5.41) is 4.95. The molecule has 3 heterocycles. The summed E-state index contributed by atoms with van der Waals surface area (Å²) >= 11 is 0. The van der Waals surface area contributed by atoms with Gasteiger partial charge in [0.1, 0.15) is 0 Å². The van der Waals surface area contributed by atoms with Crippen LogP contribution in [0.1, 0.15) is 0 Å². The predicted octanol–water partition coefficient (Wildman–Crippen LogP) is 13.8. The normalized spacial score (nSPS) is 12.2. The van der Waals surface area contributed by atoms with E-state index in [0.29, 0.717) is 17.5 Å². The summed E-state index contributed by atoms with van der Waals surface area (Å²) in [6, 6.07) is 69.3. The molecule has 0 aliphatic rings. The average molecular weight is 792 g/mol. The maximum absolute atomic E-state index is 4.97. The maximum Gasteiger partial charge on any atom is 0.164 e.